The standard InChI is InChI=1S/C24H31NO4/c1-18(17-27-2)25-23(26)24(11-13-29-14-12-24)16-19-5-4-6-21(15-19)20-7-9-22(28-3)10-8-20/h4-10,15,18H,11-14,16-17H2,1-3H3,(H,25,26)/t18-/m1/s1. The Morgan fingerprint density at radius 1 is 1.10 bits per heavy atom. The van der Waals surface area contributed by atoms with Crippen LogP contribution in [0.3, 0.4) is 0 Å². The smallest absolute Gasteiger partial charge is 0.227 e. The predicted molar refractivity (Wildman–Crippen MR) is 114 cm³/mol. The average Bonchev–Trinajstić information content (AvgIpc) is 2.75. The molecule has 156 valence electrons. The maximum atomic E-state index is 13.2. The second kappa shape index (κ2) is 9.90. The van der Waals surface area contributed by atoms with Gasteiger partial charge in [-0.2, -0.15) is 0 Å². The van der Waals surface area contributed by atoms with Crippen LogP contribution in [0.4, 0.5) is 0 Å². The lowest BCUT2D eigenvalue weighted by atomic mass is 9.74. The molecule has 1 heterocycles. The van der Waals surface area contributed by atoms with Crippen LogP contribution in [0.15, 0.2) is 48.5 Å². The molecule has 1 saturated heterocycles. The molecule has 5 nitrogen and oxygen atoms in total. The van der Waals surface area contributed by atoms with Crippen LogP contribution in [0.2, 0.25) is 0 Å². The molecule has 29 heavy (non-hydrogen) atoms. The minimum atomic E-state index is -0.446. The molecule has 1 amide bonds. The van der Waals surface area contributed by atoms with Gasteiger partial charge in [0.05, 0.1) is 19.1 Å². The Bertz CT molecular complexity index is 797. The number of carbonyl (C=O) groups is 1. The molecule has 0 unspecified atom stereocenters. The lowest BCUT2D eigenvalue weighted by Gasteiger charge is -2.37. The second-order valence-corrected chi connectivity index (χ2v) is 7.83. The lowest BCUT2D eigenvalue weighted by molar-refractivity contribution is -0.137. The largest absolute Gasteiger partial charge is 0.497 e. The topological polar surface area (TPSA) is 56.8 Å². The van der Waals surface area contributed by atoms with Crippen LogP contribution in [0.25, 0.3) is 11.1 Å². The Kier molecular flexibility index (Phi) is 7.29. The molecule has 0 bridgehead atoms. The van der Waals surface area contributed by atoms with Crippen molar-refractivity contribution < 1.29 is 19.0 Å². The number of nitrogens with one attached hydrogen (secondary N) is 1. The van der Waals surface area contributed by atoms with Crippen molar-refractivity contribution >= 4 is 5.91 Å². The maximum Gasteiger partial charge on any atom is 0.227 e. The van der Waals surface area contributed by atoms with E-state index in [0.717, 1.165) is 35.3 Å². The summed E-state index contributed by atoms with van der Waals surface area (Å²) in [6, 6.07) is 16.5. The molecule has 2 aromatic carbocycles. The Morgan fingerprint density at radius 3 is 2.48 bits per heavy atom. The number of carbonyl (C=O) groups excluding carboxylic acids is 1. The van der Waals surface area contributed by atoms with Gasteiger partial charge in [0, 0.05) is 26.4 Å². The fourth-order valence-corrected chi connectivity index (χ4v) is 3.95. The van der Waals surface area contributed by atoms with Crippen LogP contribution in [0, 0.1) is 5.41 Å². The first-order valence-corrected chi connectivity index (χ1v) is 10.2. The number of amides is 1. The minimum absolute atomic E-state index is 0.0159. The highest BCUT2D eigenvalue weighted by Crippen LogP contribution is 2.36. The molecule has 1 N–H and O–H groups in total. The summed E-state index contributed by atoms with van der Waals surface area (Å²) < 4.78 is 16.0. The first kappa shape index (κ1) is 21.3. The Morgan fingerprint density at radius 2 is 1.83 bits per heavy atom. The van der Waals surface area contributed by atoms with Gasteiger partial charge >= 0.3 is 0 Å². The lowest BCUT2D eigenvalue weighted by Crippen LogP contribution is -2.49. The Balaban J connectivity index is 1.81. The van der Waals surface area contributed by atoms with Gasteiger partial charge in [-0.05, 0) is 55.0 Å². The molecule has 1 fully saturated rings. The van der Waals surface area contributed by atoms with Gasteiger partial charge in [-0.3, -0.25) is 4.79 Å². The highest BCUT2D eigenvalue weighted by atomic mass is 16.5. The normalized spacial score (nSPS) is 16.8. The van der Waals surface area contributed by atoms with Gasteiger partial charge in [0.1, 0.15) is 5.75 Å². The fraction of sp³-hybridized carbons (Fsp3) is 0.458. The van der Waals surface area contributed by atoms with Gasteiger partial charge in [0.15, 0.2) is 0 Å². The average molecular weight is 398 g/mol. The molecular formula is C24H31NO4. The molecule has 0 saturated carbocycles. The van der Waals surface area contributed by atoms with E-state index in [9.17, 15) is 4.79 Å². The third kappa shape index (κ3) is 5.37. The van der Waals surface area contributed by atoms with E-state index in [1.54, 1.807) is 14.2 Å². The molecule has 1 aliphatic heterocycles. The van der Waals surface area contributed by atoms with Crippen molar-refractivity contribution in [2.24, 2.45) is 5.41 Å². The zero-order chi connectivity index (χ0) is 20.7. The van der Waals surface area contributed by atoms with Crippen molar-refractivity contribution in [3.8, 4) is 16.9 Å². The summed E-state index contributed by atoms with van der Waals surface area (Å²) in [6.45, 7) is 3.71. The second-order valence-electron chi connectivity index (χ2n) is 7.83. The van der Waals surface area contributed by atoms with Gasteiger partial charge in [-0.25, -0.2) is 0 Å². The fourth-order valence-electron chi connectivity index (χ4n) is 3.95. The number of benzene rings is 2. The summed E-state index contributed by atoms with van der Waals surface area (Å²) in [5.41, 5.74) is 2.99. The molecule has 5 heteroatoms. The van der Waals surface area contributed by atoms with Crippen LogP contribution < -0.4 is 10.1 Å². The van der Waals surface area contributed by atoms with E-state index in [2.05, 4.69) is 41.7 Å². The SMILES string of the molecule is COC[C@@H](C)NC(=O)C1(Cc2cccc(-c3ccc(OC)cc3)c2)CCOCC1. The van der Waals surface area contributed by atoms with Crippen molar-refractivity contribution in [3.05, 3.63) is 54.1 Å². The first-order chi connectivity index (χ1) is 14.1. The molecule has 0 radical (unpaired) electrons. The molecule has 2 aromatic rings. The summed E-state index contributed by atoms with van der Waals surface area (Å²) in [7, 11) is 3.32. The quantitative estimate of drug-likeness (QED) is 0.735. The molecule has 0 aliphatic carbocycles. The van der Waals surface area contributed by atoms with Gasteiger partial charge in [-0.15, -0.1) is 0 Å². The Hall–Kier alpha value is -2.37. The summed E-state index contributed by atoms with van der Waals surface area (Å²) in [6.07, 6.45) is 2.16. The highest BCUT2D eigenvalue weighted by Gasteiger charge is 2.40. The third-order valence-electron chi connectivity index (χ3n) is 5.62. The van der Waals surface area contributed by atoms with Gasteiger partial charge < -0.3 is 19.5 Å². The highest BCUT2D eigenvalue weighted by molar-refractivity contribution is 5.83. The van der Waals surface area contributed by atoms with Crippen LogP contribution in [-0.2, 0) is 20.7 Å². The zero-order valence-electron chi connectivity index (χ0n) is 17.6. The van der Waals surface area contributed by atoms with E-state index in [1.165, 1.54) is 0 Å². The first-order valence-electron chi connectivity index (χ1n) is 10.2. The van der Waals surface area contributed by atoms with E-state index in [1.807, 2.05) is 19.1 Å². The number of hydrogen-bond donors (Lipinski definition) is 1. The van der Waals surface area contributed by atoms with E-state index in [4.69, 9.17) is 14.2 Å². The third-order valence-corrected chi connectivity index (χ3v) is 5.62. The summed E-state index contributed by atoms with van der Waals surface area (Å²) in [4.78, 5) is 13.2. The molecule has 0 aromatic heterocycles. The van der Waals surface area contributed by atoms with Crippen molar-refractivity contribution in [2.75, 3.05) is 34.0 Å². The van der Waals surface area contributed by atoms with E-state index in [0.29, 0.717) is 26.2 Å². The zero-order valence-corrected chi connectivity index (χ0v) is 17.6. The van der Waals surface area contributed by atoms with Crippen molar-refractivity contribution in [1.82, 2.24) is 5.32 Å². The van der Waals surface area contributed by atoms with Crippen LogP contribution in [0.5, 0.6) is 5.75 Å². The molecule has 0 spiro atoms. The number of rotatable bonds is 8. The van der Waals surface area contributed by atoms with Crippen molar-refractivity contribution in [2.45, 2.75) is 32.2 Å². The monoisotopic (exact) mass is 397 g/mol. The number of hydrogen-bond acceptors (Lipinski definition) is 4. The van der Waals surface area contributed by atoms with Crippen molar-refractivity contribution in [3.63, 3.8) is 0 Å². The summed E-state index contributed by atoms with van der Waals surface area (Å²) in [5, 5.41) is 3.14. The molecular weight excluding hydrogens is 366 g/mol. The van der Waals surface area contributed by atoms with E-state index in [-0.39, 0.29) is 11.9 Å². The minimum Gasteiger partial charge on any atom is -0.497 e. The van der Waals surface area contributed by atoms with Gasteiger partial charge in [-0.1, -0.05) is 36.4 Å². The summed E-state index contributed by atoms with van der Waals surface area (Å²) in [5.74, 6) is 0.938. The molecule has 1 atom stereocenters. The predicted octanol–water partition coefficient (Wildman–Crippen LogP) is 3.85. The van der Waals surface area contributed by atoms with Gasteiger partial charge in [0.2, 0.25) is 5.91 Å². The molecule has 3 rings (SSSR count). The number of methoxy groups -OCH3 is 2. The van der Waals surface area contributed by atoms with Crippen molar-refractivity contribution in [1.29, 1.82) is 0 Å². The Labute approximate surface area is 173 Å². The van der Waals surface area contributed by atoms with Crippen LogP contribution in [0.1, 0.15) is 25.3 Å². The summed E-state index contributed by atoms with van der Waals surface area (Å²) >= 11 is 0. The van der Waals surface area contributed by atoms with E-state index >= 15 is 0 Å². The van der Waals surface area contributed by atoms with Gasteiger partial charge in [0.25, 0.3) is 0 Å². The molecule has 1 aliphatic rings. The number of ether oxygens (including phenoxy) is 3. The van der Waals surface area contributed by atoms with Crippen LogP contribution >= 0.6 is 0 Å². The van der Waals surface area contributed by atoms with E-state index < -0.39 is 5.41 Å². The maximum absolute atomic E-state index is 13.2. The van der Waals surface area contributed by atoms with Crippen LogP contribution in [-0.4, -0.2) is 46.0 Å².